The van der Waals surface area contributed by atoms with Gasteiger partial charge >= 0.3 is 19.8 Å². The number of phosphoric ester groups is 1. The number of unbranched alkanes of at least 4 members (excludes halogenated alkanes) is 30. The third-order valence-electron chi connectivity index (χ3n) is 12.4. The zero-order valence-corrected chi connectivity index (χ0v) is 41.2. The number of allylic oxidation sites excluding steroid dienone is 2. The molecular formula is C50H95O13P. The molecule has 8 atom stereocenters. The summed E-state index contributed by atoms with van der Waals surface area (Å²) in [4.78, 5) is 35.8. The fourth-order valence-electron chi connectivity index (χ4n) is 8.17. The number of carbonyl (C=O) groups excluding carboxylic acids is 2. The lowest BCUT2D eigenvalue weighted by Gasteiger charge is -2.41. The van der Waals surface area contributed by atoms with Crippen LogP contribution in [0.5, 0.6) is 0 Å². The average Bonchev–Trinajstić information content (AvgIpc) is 3.28. The molecule has 13 nitrogen and oxygen atoms in total. The number of ether oxygens (including phenoxy) is 2. The number of aliphatic hydroxyl groups is 5. The van der Waals surface area contributed by atoms with Gasteiger partial charge in [-0.3, -0.25) is 18.6 Å². The van der Waals surface area contributed by atoms with Gasteiger partial charge in [0.1, 0.15) is 43.2 Å². The topological polar surface area (TPSA) is 210 Å². The summed E-state index contributed by atoms with van der Waals surface area (Å²) in [6, 6.07) is 0. The predicted octanol–water partition coefficient (Wildman–Crippen LogP) is 11.0. The molecule has 6 unspecified atom stereocenters. The predicted molar refractivity (Wildman–Crippen MR) is 254 cm³/mol. The molecule has 1 rings (SSSR count). The van der Waals surface area contributed by atoms with Crippen LogP contribution in [-0.2, 0) is 32.7 Å². The first-order chi connectivity index (χ1) is 30.9. The van der Waals surface area contributed by atoms with E-state index in [0.717, 1.165) is 57.8 Å². The Hall–Kier alpha value is -1.41. The monoisotopic (exact) mass is 935 g/mol. The number of phosphoric acid groups is 1. The van der Waals surface area contributed by atoms with Crippen molar-refractivity contribution in [2.45, 2.75) is 281 Å². The molecule has 0 aromatic rings. The second-order valence-corrected chi connectivity index (χ2v) is 19.8. The van der Waals surface area contributed by atoms with Gasteiger partial charge in [0.15, 0.2) is 6.10 Å². The second kappa shape index (κ2) is 40.6. The van der Waals surface area contributed by atoms with E-state index in [1.165, 1.54) is 141 Å². The lowest BCUT2D eigenvalue weighted by atomic mass is 9.85. The van der Waals surface area contributed by atoms with Gasteiger partial charge in [0, 0.05) is 12.8 Å². The molecule has 1 aliphatic rings. The summed E-state index contributed by atoms with van der Waals surface area (Å²) in [5.41, 5.74) is 0. The van der Waals surface area contributed by atoms with Crippen molar-refractivity contribution < 1.29 is 63.1 Å². The molecule has 378 valence electrons. The van der Waals surface area contributed by atoms with Gasteiger partial charge in [-0.15, -0.1) is 0 Å². The standard InChI is InChI=1S/C50H95O13P/c1-3-5-7-9-11-13-15-17-19-20-21-22-23-24-25-27-28-30-32-34-36-38-43(51)60-40-42(41-61-64(58,59)63-50-48(56)46(54)45(53)47(55)49(50)57)62-44(52)39-37-35-33-31-29-26-18-16-14-12-10-8-6-4-2/h16,18,42,45-50,53-57H,3-15,17,19-41H2,1-2H3,(H,58,59)/b18-16+/t42-,45?,46-,47?,48?,49?,50?/m0/s1. The van der Waals surface area contributed by atoms with E-state index in [0.29, 0.717) is 12.8 Å². The molecule has 1 aliphatic carbocycles. The van der Waals surface area contributed by atoms with Crippen LogP contribution in [0.15, 0.2) is 12.2 Å². The van der Waals surface area contributed by atoms with E-state index in [-0.39, 0.29) is 12.8 Å². The third kappa shape index (κ3) is 32.3. The first-order valence-corrected chi connectivity index (χ1v) is 27.5. The summed E-state index contributed by atoms with van der Waals surface area (Å²) in [5, 5.41) is 50.2. The van der Waals surface area contributed by atoms with Gasteiger partial charge in [-0.1, -0.05) is 199 Å². The molecule has 14 heteroatoms. The first kappa shape index (κ1) is 60.6. The maximum Gasteiger partial charge on any atom is 0.472 e. The number of rotatable bonds is 44. The smallest absolute Gasteiger partial charge is 0.462 e. The van der Waals surface area contributed by atoms with Crippen LogP contribution in [0, 0.1) is 0 Å². The summed E-state index contributed by atoms with van der Waals surface area (Å²) in [6.07, 6.45) is 31.2. The Morgan fingerprint density at radius 3 is 1.19 bits per heavy atom. The zero-order valence-electron chi connectivity index (χ0n) is 40.3. The number of hydrogen-bond donors (Lipinski definition) is 6. The van der Waals surface area contributed by atoms with Crippen LogP contribution in [0.25, 0.3) is 0 Å². The number of esters is 2. The Kier molecular flexibility index (Phi) is 38.5. The van der Waals surface area contributed by atoms with E-state index in [9.17, 15) is 44.6 Å². The van der Waals surface area contributed by atoms with Gasteiger partial charge in [0.05, 0.1) is 6.61 Å². The van der Waals surface area contributed by atoms with Crippen molar-refractivity contribution >= 4 is 19.8 Å². The fraction of sp³-hybridized carbons (Fsp3) is 0.920. The van der Waals surface area contributed by atoms with Gasteiger partial charge in [-0.25, -0.2) is 4.57 Å². The minimum Gasteiger partial charge on any atom is -0.462 e. The number of carbonyl (C=O) groups is 2. The molecular weight excluding hydrogens is 840 g/mol. The van der Waals surface area contributed by atoms with E-state index in [1.54, 1.807) is 0 Å². The lowest BCUT2D eigenvalue weighted by Crippen LogP contribution is -2.64. The highest BCUT2D eigenvalue weighted by Crippen LogP contribution is 2.47. The van der Waals surface area contributed by atoms with E-state index in [4.69, 9.17) is 18.5 Å². The van der Waals surface area contributed by atoms with Crippen molar-refractivity contribution in [3.63, 3.8) is 0 Å². The van der Waals surface area contributed by atoms with Crippen LogP contribution in [0.4, 0.5) is 0 Å². The van der Waals surface area contributed by atoms with E-state index < -0.39 is 75.7 Å². The third-order valence-corrected chi connectivity index (χ3v) is 13.3. The molecule has 0 aromatic heterocycles. The quantitative estimate of drug-likeness (QED) is 0.0146. The number of aliphatic hydroxyl groups excluding tert-OH is 5. The maximum absolute atomic E-state index is 12.8. The van der Waals surface area contributed by atoms with Crippen molar-refractivity contribution in [3.8, 4) is 0 Å². The Labute approximate surface area is 388 Å². The summed E-state index contributed by atoms with van der Waals surface area (Å²) in [6.45, 7) is 3.32. The van der Waals surface area contributed by atoms with Crippen LogP contribution in [-0.4, -0.2) is 98.3 Å². The van der Waals surface area contributed by atoms with E-state index in [2.05, 4.69) is 26.0 Å². The van der Waals surface area contributed by atoms with Gasteiger partial charge in [0.25, 0.3) is 0 Å². The van der Waals surface area contributed by atoms with Crippen molar-refractivity contribution in [2.24, 2.45) is 0 Å². The summed E-state index contributed by atoms with van der Waals surface area (Å²) < 4.78 is 33.6. The van der Waals surface area contributed by atoms with Crippen LogP contribution in [0.1, 0.15) is 239 Å². The molecule has 0 radical (unpaired) electrons. The summed E-state index contributed by atoms with van der Waals surface area (Å²) in [5.74, 6) is -1.10. The average molecular weight is 935 g/mol. The van der Waals surface area contributed by atoms with Gasteiger partial charge in [-0.2, -0.15) is 0 Å². The molecule has 1 saturated carbocycles. The molecule has 0 heterocycles. The van der Waals surface area contributed by atoms with E-state index in [1.807, 2.05) is 0 Å². The van der Waals surface area contributed by atoms with Crippen molar-refractivity contribution in [2.75, 3.05) is 13.2 Å². The molecule has 0 spiro atoms. The van der Waals surface area contributed by atoms with Crippen molar-refractivity contribution in [3.05, 3.63) is 12.2 Å². The first-order valence-electron chi connectivity index (χ1n) is 26.0. The molecule has 6 N–H and O–H groups in total. The van der Waals surface area contributed by atoms with E-state index >= 15 is 0 Å². The maximum atomic E-state index is 12.8. The summed E-state index contributed by atoms with van der Waals surface area (Å²) in [7, 11) is -5.12. The molecule has 64 heavy (non-hydrogen) atoms. The molecule has 0 aromatic carbocycles. The molecule has 0 amide bonds. The van der Waals surface area contributed by atoms with Gasteiger partial charge in [0.2, 0.25) is 0 Å². The Morgan fingerprint density at radius 2 is 0.797 bits per heavy atom. The van der Waals surface area contributed by atoms with Gasteiger partial charge < -0.3 is 39.9 Å². The lowest BCUT2D eigenvalue weighted by molar-refractivity contribution is -0.220. The van der Waals surface area contributed by atoms with Crippen LogP contribution in [0.3, 0.4) is 0 Å². The molecule has 0 aliphatic heterocycles. The van der Waals surface area contributed by atoms with Crippen LogP contribution in [0.2, 0.25) is 0 Å². The molecule has 0 bridgehead atoms. The highest BCUT2D eigenvalue weighted by atomic mass is 31.2. The minimum atomic E-state index is -5.12. The van der Waals surface area contributed by atoms with Crippen LogP contribution < -0.4 is 0 Å². The van der Waals surface area contributed by atoms with Crippen LogP contribution >= 0.6 is 7.82 Å². The minimum absolute atomic E-state index is 0.0909. The Balaban J connectivity index is 2.36. The van der Waals surface area contributed by atoms with Gasteiger partial charge in [-0.05, 0) is 38.5 Å². The van der Waals surface area contributed by atoms with Crippen molar-refractivity contribution in [1.29, 1.82) is 0 Å². The highest BCUT2D eigenvalue weighted by molar-refractivity contribution is 7.47. The Bertz CT molecular complexity index is 1170. The Morgan fingerprint density at radius 1 is 0.469 bits per heavy atom. The number of hydrogen-bond acceptors (Lipinski definition) is 12. The second-order valence-electron chi connectivity index (χ2n) is 18.4. The SMILES string of the molecule is CCCCCCC/C=C/CCCCCCCC(=O)O[C@@H](COC(=O)CCCCCCCCCCCCCCCCCCCCCCC)COP(=O)(O)OC1C(O)C(O)C(O)[C@H](O)C1O. The fourth-order valence-corrected chi connectivity index (χ4v) is 9.14. The molecule has 1 fully saturated rings. The zero-order chi connectivity index (χ0) is 47.1. The normalized spacial score (nSPS) is 21.6. The molecule has 0 saturated heterocycles. The highest BCUT2D eigenvalue weighted by Gasteiger charge is 2.51. The summed E-state index contributed by atoms with van der Waals surface area (Å²) >= 11 is 0. The van der Waals surface area contributed by atoms with Crippen molar-refractivity contribution in [1.82, 2.24) is 0 Å². The largest absolute Gasteiger partial charge is 0.472 e.